The zero-order chi connectivity index (χ0) is 21.8. The van der Waals surface area contributed by atoms with Gasteiger partial charge in [-0.3, -0.25) is 4.79 Å². The fourth-order valence-electron chi connectivity index (χ4n) is 4.36. The van der Waals surface area contributed by atoms with Gasteiger partial charge >= 0.3 is 0 Å². The highest BCUT2D eigenvalue weighted by Gasteiger charge is 2.25. The fraction of sp³-hybridized carbons (Fsp3) is 0.458. The molecule has 7 heteroatoms. The Kier molecular flexibility index (Phi) is 7.04. The van der Waals surface area contributed by atoms with Crippen molar-refractivity contribution in [2.24, 2.45) is 5.92 Å². The second-order valence-corrected chi connectivity index (χ2v) is 11.4. The van der Waals surface area contributed by atoms with Gasteiger partial charge in [-0.1, -0.05) is 23.8 Å². The molecule has 1 amide bonds. The largest absolute Gasteiger partial charge is 0.342 e. The van der Waals surface area contributed by atoms with E-state index in [-0.39, 0.29) is 16.7 Å². The van der Waals surface area contributed by atoms with Crippen LogP contribution in [0.4, 0.5) is 0 Å². The van der Waals surface area contributed by atoms with Gasteiger partial charge < -0.3 is 4.90 Å². The van der Waals surface area contributed by atoms with E-state index in [0.29, 0.717) is 18.8 Å². The van der Waals surface area contributed by atoms with E-state index in [4.69, 9.17) is 0 Å². The molecule has 1 N–H and O–H groups in total. The van der Waals surface area contributed by atoms with Crippen LogP contribution in [-0.4, -0.2) is 44.6 Å². The number of benzene rings is 2. The Balaban J connectivity index is 1.27. The van der Waals surface area contributed by atoms with Gasteiger partial charge in [0, 0.05) is 24.5 Å². The predicted octanol–water partition coefficient (Wildman–Crippen LogP) is 3.79. The molecular weight excluding hydrogens is 428 g/mol. The number of fused-ring (bicyclic) bond motifs is 1. The van der Waals surface area contributed by atoms with Crippen molar-refractivity contribution < 1.29 is 13.2 Å². The molecule has 31 heavy (non-hydrogen) atoms. The number of piperidine rings is 1. The second-order valence-electron chi connectivity index (χ2n) is 8.59. The van der Waals surface area contributed by atoms with Gasteiger partial charge in [0.05, 0.1) is 10.6 Å². The van der Waals surface area contributed by atoms with E-state index in [9.17, 15) is 13.2 Å². The van der Waals surface area contributed by atoms with Crippen LogP contribution < -0.4 is 4.72 Å². The van der Waals surface area contributed by atoms with Crippen LogP contribution in [-0.2, 0) is 27.7 Å². The summed E-state index contributed by atoms with van der Waals surface area (Å²) in [5.74, 6) is 0.708. The first-order valence-electron chi connectivity index (χ1n) is 11.0. The summed E-state index contributed by atoms with van der Waals surface area (Å²) in [6.07, 6.45) is 5.38. The SMILES string of the molecule is Cc1ccc(S(=O)(=O)NCC2CCCN(C(=O)CSc3ccc4c(c3)CCC4)C2)cc1. The molecule has 1 unspecified atom stereocenters. The molecule has 0 radical (unpaired) electrons. The third kappa shape index (κ3) is 5.70. The molecule has 0 saturated carbocycles. The number of hydrogen-bond donors (Lipinski definition) is 1. The molecule has 1 saturated heterocycles. The summed E-state index contributed by atoms with van der Waals surface area (Å²) in [5.41, 5.74) is 3.90. The van der Waals surface area contributed by atoms with Crippen molar-refractivity contribution in [1.29, 1.82) is 0 Å². The number of carbonyl (C=O) groups is 1. The Hall–Kier alpha value is -1.83. The lowest BCUT2D eigenvalue weighted by molar-refractivity contribution is -0.130. The lowest BCUT2D eigenvalue weighted by Gasteiger charge is -2.33. The Morgan fingerprint density at radius 2 is 1.87 bits per heavy atom. The van der Waals surface area contributed by atoms with Crippen molar-refractivity contribution in [2.45, 2.75) is 48.8 Å². The van der Waals surface area contributed by atoms with Crippen molar-refractivity contribution in [3.05, 3.63) is 59.2 Å². The van der Waals surface area contributed by atoms with E-state index in [2.05, 4.69) is 22.9 Å². The van der Waals surface area contributed by atoms with Gasteiger partial charge in [-0.15, -0.1) is 11.8 Å². The maximum atomic E-state index is 12.8. The van der Waals surface area contributed by atoms with Crippen LogP contribution in [0.25, 0.3) is 0 Å². The molecule has 5 nitrogen and oxygen atoms in total. The number of thioether (sulfide) groups is 1. The standard InChI is InChI=1S/C24H30N2O3S2/c1-18-7-11-23(12-8-18)31(28,29)25-15-19-4-3-13-26(16-19)24(27)17-30-22-10-9-20-5-2-6-21(20)14-22/h7-12,14,19,25H,2-6,13,15-17H2,1H3. The highest BCUT2D eigenvalue weighted by atomic mass is 32.2. The van der Waals surface area contributed by atoms with Crippen LogP contribution in [0.1, 0.15) is 36.0 Å². The third-order valence-electron chi connectivity index (χ3n) is 6.20. The number of sulfonamides is 1. The van der Waals surface area contributed by atoms with Gasteiger partial charge in [-0.2, -0.15) is 0 Å². The average Bonchev–Trinajstić information content (AvgIpc) is 3.24. The first-order chi connectivity index (χ1) is 14.9. The van der Waals surface area contributed by atoms with Crippen LogP contribution in [0.5, 0.6) is 0 Å². The summed E-state index contributed by atoms with van der Waals surface area (Å²) in [6, 6.07) is 13.4. The van der Waals surface area contributed by atoms with Crippen molar-refractivity contribution >= 4 is 27.7 Å². The molecule has 0 bridgehead atoms. The van der Waals surface area contributed by atoms with Gasteiger partial charge in [-0.05, 0) is 80.3 Å². The number of aryl methyl sites for hydroxylation is 3. The Morgan fingerprint density at radius 3 is 2.68 bits per heavy atom. The van der Waals surface area contributed by atoms with Crippen LogP contribution in [0.15, 0.2) is 52.3 Å². The van der Waals surface area contributed by atoms with Crippen LogP contribution >= 0.6 is 11.8 Å². The molecule has 1 fully saturated rings. The zero-order valence-corrected chi connectivity index (χ0v) is 19.6. The monoisotopic (exact) mass is 458 g/mol. The summed E-state index contributed by atoms with van der Waals surface area (Å²) in [4.78, 5) is 16.1. The zero-order valence-electron chi connectivity index (χ0n) is 18.0. The molecule has 2 aromatic rings. The smallest absolute Gasteiger partial charge is 0.240 e. The number of carbonyl (C=O) groups excluding carboxylic acids is 1. The molecule has 1 aliphatic heterocycles. The fourth-order valence-corrected chi connectivity index (χ4v) is 6.34. The molecule has 1 atom stereocenters. The number of nitrogens with one attached hydrogen (secondary N) is 1. The van der Waals surface area contributed by atoms with E-state index in [1.807, 2.05) is 11.8 Å². The number of rotatable bonds is 7. The minimum atomic E-state index is -3.52. The number of nitrogens with zero attached hydrogens (tertiary/aromatic N) is 1. The highest BCUT2D eigenvalue weighted by Crippen LogP contribution is 2.28. The first-order valence-corrected chi connectivity index (χ1v) is 13.5. The quantitative estimate of drug-likeness (QED) is 0.641. The van der Waals surface area contributed by atoms with E-state index < -0.39 is 10.0 Å². The number of amides is 1. The molecule has 1 aliphatic carbocycles. The maximum Gasteiger partial charge on any atom is 0.240 e. The van der Waals surface area contributed by atoms with Gasteiger partial charge in [0.2, 0.25) is 15.9 Å². The summed E-state index contributed by atoms with van der Waals surface area (Å²) >= 11 is 1.60. The summed E-state index contributed by atoms with van der Waals surface area (Å²) < 4.78 is 27.8. The molecule has 166 valence electrons. The first kappa shape index (κ1) is 22.4. The van der Waals surface area contributed by atoms with Crippen molar-refractivity contribution in [3.8, 4) is 0 Å². The lowest BCUT2D eigenvalue weighted by Crippen LogP contribution is -2.44. The van der Waals surface area contributed by atoms with Crippen LogP contribution in [0.2, 0.25) is 0 Å². The maximum absolute atomic E-state index is 12.8. The minimum Gasteiger partial charge on any atom is -0.342 e. The molecular formula is C24H30N2O3S2. The van der Waals surface area contributed by atoms with Gasteiger partial charge in [-0.25, -0.2) is 13.1 Å². The second kappa shape index (κ2) is 9.76. The lowest BCUT2D eigenvalue weighted by atomic mass is 9.98. The van der Waals surface area contributed by atoms with Gasteiger partial charge in [0.15, 0.2) is 0 Å². The third-order valence-corrected chi connectivity index (χ3v) is 8.62. The van der Waals surface area contributed by atoms with E-state index >= 15 is 0 Å². The average molecular weight is 459 g/mol. The van der Waals surface area contributed by atoms with E-state index in [0.717, 1.165) is 36.3 Å². The van der Waals surface area contributed by atoms with Gasteiger partial charge in [0.1, 0.15) is 0 Å². The van der Waals surface area contributed by atoms with E-state index in [1.165, 1.54) is 24.0 Å². The minimum absolute atomic E-state index is 0.136. The van der Waals surface area contributed by atoms with Crippen molar-refractivity contribution in [2.75, 3.05) is 25.4 Å². The van der Waals surface area contributed by atoms with Crippen molar-refractivity contribution in [1.82, 2.24) is 9.62 Å². The van der Waals surface area contributed by atoms with Crippen molar-refractivity contribution in [3.63, 3.8) is 0 Å². The number of hydrogen-bond acceptors (Lipinski definition) is 4. The van der Waals surface area contributed by atoms with Crippen LogP contribution in [0, 0.1) is 12.8 Å². The summed E-state index contributed by atoms with van der Waals surface area (Å²) in [7, 11) is -3.52. The van der Waals surface area contributed by atoms with Crippen LogP contribution in [0.3, 0.4) is 0 Å². The normalized spacial score (nSPS) is 18.7. The van der Waals surface area contributed by atoms with Gasteiger partial charge in [0.25, 0.3) is 0 Å². The molecule has 2 aliphatic rings. The molecule has 0 spiro atoms. The highest BCUT2D eigenvalue weighted by molar-refractivity contribution is 8.00. The summed E-state index contributed by atoms with van der Waals surface area (Å²) in [5, 5.41) is 0. The number of likely N-dealkylation sites (tertiary alicyclic amines) is 1. The summed E-state index contributed by atoms with van der Waals surface area (Å²) in [6.45, 7) is 3.66. The molecule has 4 rings (SSSR count). The molecule has 2 aromatic carbocycles. The Labute approximate surface area is 189 Å². The van der Waals surface area contributed by atoms with E-state index in [1.54, 1.807) is 36.0 Å². The molecule has 1 heterocycles. The predicted molar refractivity (Wildman–Crippen MR) is 125 cm³/mol. The molecule has 0 aromatic heterocycles. The topological polar surface area (TPSA) is 66.5 Å². The Morgan fingerprint density at radius 1 is 1.10 bits per heavy atom. The Bertz CT molecular complexity index is 1040.